The van der Waals surface area contributed by atoms with Crippen LogP contribution in [0.4, 0.5) is 4.79 Å². The van der Waals surface area contributed by atoms with E-state index in [-0.39, 0.29) is 11.6 Å². The topological polar surface area (TPSA) is 41.1 Å². The van der Waals surface area contributed by atoms with Crippen molar-refractivity contribution in [1.82, 2.24) is 10.6 Å². The van der Waals surface area contributed by atoms with Crippen LogP contribution in [-0.2, 0) is 0 Å². The third-order valence-corrected chi connectivity index (χ3v) is 3.30. The number of rotatable bonds is 2. The molecule has 16 heavy (non-hydrogen) atoms. The third kappa shape index (κ3) is 4.86. The second-order valence-electron chi connectivity index (χ2n) is 6.11. The Hall–Kier alpha value is -0.730. The van der Waals surface area contributed by atoms with Gasteiger partial charge in [-0.25, -0.2) is 4.79 Å². The Morgan fingerprint density at radius 1 is 1.25 bits per heavy atom. The van der Waals surface area contributed by atoms with Gasteiger partial charge < -0.3 is 10.6 Å². The minimum atomic E-state index is -0.151. The molecule has 1 aliphatic rings. The summed E-state index contributed by atoms with van der Waals surface area (Å²) in [5, 5.41) is 5.91. The Labute approximate surface area is 99.4 Å². The zero-order chi connectivity index (χ0) is 12.2. The molecule has 2 unspecified atom stereocenters. The second kappa shape index (κ2) is 5.55. The molecule has 1 saturated carbocycles. The van der Waals surface area contributed by atoms with Crippen molar-refractivity contribution in [1.29, 1.82) is 0 Å². The number of hydrogen-bond acceptors (Lipinski definition) is 1. The van der Waals surface area contributed by atoms with E-state index >= 15 is 0 Å². The molecule has 0 aliphatic heterocycles. The zero-order valence-corrected chi connectivity index (χ0v) is 11.1. The molecular weight excluding hydrogens is 200 g/mol. The second-order valence-corrected chi connectivity index (χ2v) is 6.11. The quantitative estimate of drug-likeness (QED) is 0.747. The predicted molar refractivity (Wildman–Crippen MR) is 67.4 cm³/mol. The first-order valence-electron chi connectivity index (χ1n) is 6.44. The third-order valence-electron chi connectivity index (χ3n) is 3.30. The molecule has 0 saturated heterocycles. The molecule has 1 rings (SSSR count). The Kier molecular flexibility index (Phi) is 4.63. The van der Waals surface area contributed by atoms with Crippen LogP contribution in [0.15, 0.2) is 0 Å². The normalized spacial score (nSPS) is 26.2. The van der Waals surface area contributed by atoms with E-state index in [1.54, 1.807) is 0 Å². The van der Waals surface area contributed by atoms with Crippen molar-refractivity contribution in [2.75, 3.05) is 6.54 Å². The van der Waals surface area contributed by atoms with Crippen LogP contribution in [-0.4, -0.2) is 18.1 Å². The predicted octanol–water partition coefficient (Wildman–Crippen LogP) is 2.91. The Balaban J connectivity index is 2.25. The minimum Gasteiger partial charge on any atom is -0.338 e. The fraction of sp³-hybridized carbons (Fsp3) is 0.923. The Bertz CT molecular complexity index is 233. The monoisotopic (exact) mass is 226 g/mol. The summed E-state index contributed by atoms with van der Waals surface area (Å²) in [5.74, 6) is 1.42. The SMILES string of the molecule is CC1CCCCC1CNC(=O)NC(C)(C)C. The van der Waals surface area contributed by atoms with Crippen molar-refractivity contribution in [2.24, 2.45) is 11.8 Å². The summed E-state index contributed by atoms with van der Waals surface area (Å²) in [6.07, 6.45) is 5.24. The van der Waals surface area contributed by atoms with Gasteiger partial charge in [-0.1, -0.05) is 26.2 Å². The Morgan fingerprint density at radius 3 is 2.44 bits per heavy atom. The highest BCUT2D eigenvalue weighted by molar-refractivity contribution is 5.74. The van der Waals surface area contributed by atoms with Crippen LogP contribution in [0.2, 0.25) is 0 Å². The van der Waals surface area contributed by atoms with Gasteiger partial charge in [-0.2, -0.15) is 0 Å². The summed E-state index contributed by atoms with van der Waals surface area (Å²) in [4.78, 5) is 11.6. The maximum Gasteiger partial charge on any atom is 0.315 e. The number of carbonyl (C=O) groups is 1. The standard InChI is InChI=1S/C13H26N2O/c1-10-7-5-6-8-11(10)9-14-12(16)15-13(2,3)4/h10-11H,5-9H2,1-4H3,(H2,14,15,16). The molecular formula is C13H26N2O. The molecule has 0 radical (unpaired) electrons. The molecule has 0 spiro atoms. The van der Waals surface area contributed by atoms with E-state index < -0.39 is 0 Å². The van der Waals surface area contributed by atoms with Crippen LogP contribution in [0.5, 0.6) is 0 Å². The summed E-state index contributed by atoms with van der Waals surface area (Å²) in [5.41, 5.74) is -0.151. The van der Waals surface area contributed by atoms with Crippen LogP contribution >= 0.6 is 0 Å². The lowest BCUT2D eigenvalue weighted by molar-refractivity contribution is 0.217. The summed E-state index contributed by atoms with van der Waals surface area (Å²) in [6.45, 7) is 9.11. The highest BCUT2D eigenvalue weighted by atomic mass is 16.2. The van der Waals surface area contributed by atoms with Gasteiger partial charge in [0.15, 0.2) is 0 Å². The molecule has 1 aliphatic carbocycles. The van der Waals surface area contributed by atoms with Gasteiger partial charge >= 0.3 is 6.03 Å². The smallest absolute Gasteiger partial charge is 0.315 e. The summed E-state index contributed by atoms with van der Waals surface area (Å²) in [6, 6.07) is -0.0368. The molecule has 1 fully saturated rings. The zero-order valence-electron chi connectivity index (χ0n) is 11.1. The van der Waals surface area contributed by atoms with Gasteiger partial charge in [0, 0.05) is 12.1 Å². The summed E-state index contributed by atoms with van der Waals surface area (Å²) < 4.78 is 0. The highest BCUT2D eigenvalue weighted by Gasteiger charge is 2.22. The van der Waals surface area contributed by atoms with E-state index in [0.717, 1.165) is 12.5 Å². The molecule has 2 N–H and O–H groups in total. The summed E-state index contributed by atoms with van der Waals surface area (Å²) in [7, 11) is 0. The molecule has 3 heteroatoms. The number of carbonyl (C=O) groups excluding carboxylic acids is 1. The van der Waals surface area contributed by atoms with Crippen LogP contribution < -0.4 is 10.6 Å². The number of amides is 2. The lowest BCUT2D eigenvalue weighted by Gasteiger charge is -2.29. The van der Waals surface area contributed by atoms with Gasteiger partial charge in [0.25, 0.3) is 0 Å². The average molecular weight is 226 g/mol. The van der Waals surface area contributed by atoms with Crippen LogP contribution in [0.3, 0.4) is 0 Å². The Morgan fingerprint density at radius 2 is 1.88 bits per heavy atom. The first kappa shape index (κ1) is 13.3. The maximum absolute atomic E-state index is 11.6. The lowest BCUT2D eigenvalue weighted by atomic mass is 9.80. The van der Waals surface area contributed by atoms with E-state index in [1.165, 1.54) is 25.7 Å². The largest absolute Gasteiger partial charge is 0.338 e. The van der Waals surface area contributed by atoms with Crippen molar-refractivity contribution in [3.05, 3.63) is 0 Å². The minimum absolute atomic E-state index is 0.0368. The van der Waals surface area contributed by atoms with Crippen LogP contribution in [0.25, 0.3) is 0 Å². The van der Waals surface area contributed by atoms with Crippen molar-refractivity contribution >= 4 is 6.03 Å². The van der Waals surface area contributed by atoms with Gasteiger partial charge in [-0.3, -0.25) is 0 Å². The number of hydrogen-bond donors (Lipinski definition) is 2. The van der Waals surface area contributed by atoms with Gasteiger partial charge in [0.1, 0.15) is 0 Å². The van der Waals surface area contributed by atoms with Crippen molar-refractivity contribution in [3.63, 3.8) is 0 Å². The molecule has 0 heterocycles. The lowest BCUT2D eigenvalue weighted by Crippen LogP contribution is -2.48. The first-order chi connectivity index (χ1) is 7.38. The first-order valence-corrected chi connectivity index (χ1v) is 6.44. The fourth-order valence-electron chi connectivity index (χ4n) is 2.30. The molecule has 94 valence electrons. The van der Waals surface area contributed by atoms with E-state index in [0.29, 0.717) is 5.92 Å². The molecule has 0 aromatic rings. The van der Waals surface area contributed by atoms with E-state index in [4.69, 9.17) is 0 Å². The number of nitrogens with one attached hydrogen (secondary N) is 2. The van der Waals surface area contributed by atoms with E-state index in [2.05, 4.69) is 17.6 Å². The van der Waals surface area contributed by atoms with Crippen molar-refractivity contribution in [2.45, 2.75) is 58.9 Å². The molecule has 0 bridgehead atoms. The van der Waals surface area contributed by atoms with Gasteiger partial charge in [-0.15, -0.1) is 0 Å². The van der Waals surface area contributed by atoms with Crippen molar-refractivity contribution in [3.8, 4) is 0 Å². The highest BCUT2D eigenvalue weighted by Crippen LogP contribution is 2.28. The van der Waals surface area contributed by atoms with E-state index in [1.807, 2.05) is 20.8 Å². The molecule has 2 atom stereocenters. The molecule has 2 amide bonds. The molecule has 0 aromatic carbocycles. The van der Waals surface area contributed by atoms with Gasteiger partial charge in [-0.05, 0) is 39.0 Å². The maximum atomic E-state index is 11.6. The van der Waals surface area contributed by atoms with Gasteiger partial charge in [0.2, 0.25) is 0 Å². The fourth-order valence-corrected chi connectivity index (χ4v) is 2.30. The molecule has 0 aromatic heterocycles. The van der Waals surface area contributed by atoms with Crippen LogP contribution in [0.1, 0.15) is 53.4 Å². The average Bonchev–Trinajstić information content (AvgIpc) is 2.14. The molecule has 3 nitrogen and oxygen atoms in total. The van der Waals surface area contributed by atoms with Crippen molar-refractivity contribution < 1.29 is 4.79 Å². The number of urea groups is 1. The van der Waals surface area contributed by atoms with E-state index in [9.17, 15) is 4.79 Å². The van der Waals surface area contributed by atoms with Gasteiger partial charge in [0.05, 0.1) is 0 Å². The van der Waals surface area contributed by atoms with Crippen LogP contribution in [0, 0.1) is 11.8 Å². The summed E-state index contributed by atoms with van der Waals surface area (Å²) >= 11 is 0.